The van der Waals surface area contributed by atoms with Crippen LogP contribution in [0, 0.1) is 13.8 Å². The highest BCUT2D eigenvalue weighted by Crippen LogP contribution is 2.25. The number of pyridine rings is 1. The van der Waals surface area contributed by atoms with Crippen LogP contribution in [0.25, 0.3) is 0 Å². The van der Waals surface area contributed by atoms with Gasteiger partial charge >= 0.3 is 6.03 Å². The van der Waals surface area contributed by atoms with Gasteiger partial charge < -0.3 is 9.80 Å². The number of carbonyl (C=O) groups is 2. The molecule has 6 nitrogen and oxygen atoms in total. The summed E-state index contributed by atoms with van der Waals surface area (Å²) in [5, 5.41) is 0.649. The molecule has 1 atom stereocenters. The highest BCUT2D eigenvalue weighted by Gasteiger charge is 2.31. The number of carbonyl (C=O) groups excluding carboxylic acids is 2. The van der Waals surface area contributed by atoms with Crippen LogP contribution in [0.5, 0.6) is 0 Å². The zero-order valence-corrected chi connectivity index (χ0v) is 20.6. The predicted molar refractivity (Wildman–Crippen MR) is 131 cm³/mol. The average molecular weight is 469 g/mol. The Morgan fingerprint density at radius 2 is 1.79 bits per heavy atom. The summed E-state index contributed by atoms with van der Waals surface area (Å²) in [4.78, 5) is 36.3. The van der Waals surface area contributed by atoms with E-state index >= 15 is 0 Å². The van der Waals surface area contributed by atoms with E-state index in [4.69, 9.17) is 11.6 Å². The largest absolute Gasteiger partial charge is 0.325 e. The van der Waals surface area contributed by atoms with Gasteiger partial charge in [0.1, 0.15) is 0 Å². The Bertz CT molecular complexity index is 1020. The van der Waals surface area contributed by atoms with Crippen LogP contribution in [0.2, 0.25) is 5.02 Å². The van der Waals surface area contributed by atoms with Crippen molar-refractivity contribution in [2.24, 2.45) is 0 Å². The fourth-order valence-corrected chi connectivity index (χ4v) is 5.11. The van der Waals surface area contributed by atoms with Crippen molar-refractivity contribution in [2.45, 2.75) is 52.6 Å². The molecule has 0 unspecified atom stereocenters. The Kier molecular flexibility index (Phi) is 7.35. The van der Waals surface area contributed by atoms with Crippen LogP contribution in [0.15, 0.2) is 30.5 Å². The fraction of sp³-hybridized carbons (Fsp3) is 0.500. The number of halogens is 1. The van der Waals surface area contributed by atoms with Gasteiger partial charge in [0.15, 0.2) is 5.78 Å². The van der Waals surface area contributed by atoms with Crippen molar-refractivity contribution in [1.82, 2.24) is 19.7 Å². The Labute approximate surface area is 201 Å². The number of aromatic nitrogens is 1. The molecule has 7 heteroatoms. The van der Waals surface area contributed by atoms with Crippen molar-refractivity contribution in [3.8, 4) is 0 Å². The lowest BCUT2D eigenvalue weighted by Crippen LogP contribution is -2.56. The summed E-state index contributed by atoms with van der Waals surface area (Å²) in [5.41, 5.74) is 4.72. The third-order valence-corrected chi connectivity index (χ3v) is 7.12. The van der Waals surface area contributed by atoms with Crippen molar-refractivity contribution in [3.63, 3.8) is 0 Å². The van der Waals surface area contributed by atoms with Gasteiger partial charge in [0.2, 0.25) is 0 Å². The van der Waals surface area contributed by atoms with E-state index in [2.05, 4.69) is 23.7 Å². The molecule has 4 rings (SSSR count). The first kappa shape index (κ1) is 23.7. The Morgan fingerprint density at radius 3 is 2.45 bits per heavy atom. The van der Waals surface area contributed by atoms with Crippen molar-refractivity contribution >= 4 is 23.4 Å². The van der Waals surface area contributed by atoms with Crippen LogP contribution in [-0.2, 0) is 13.0 Å². The summed E-state index contributed by atoms with van der Waals surface area (Å²) in [6.07, 6.45) is 4.17. The quantitative estimate of drug-likeness (QED) is 0.606. The van der Waals surface area contributed by atoms with Crippen LogP contribution in [-0.4, -0.2) is 70.3 Å². The zero-order valence-electron chi connectivity index (χ0n) is 19.8. The first-order valence-corrected chi connectivity index (χ1v) is 12.2. The summed E-state index contributed by atoms with van der Waals surface area (Å²) in [6, 6.07) is 7.94. The topological polar surface area (TPSA) is 56.8 Å². The van der Waals surface area contributed by atoms with E-state index in [0.717, 1.165) is 74.5 Å². The van der Waals surface area contributed by atoms with E-state index in [-0.39, 0.29) is 17.9 Å². The number of amides is 2. The number of hydrogen-bond acceptors (Lipinski definition) is 4. The third-order valence-electron chi connectivity index (χ3n) is 6.90. The molecule has 2 aliphatic heterocycles. The van der Waals surface area contributed by atoms with E-state index in [1.807, 2.05) is 41.0 Å². The summed E-state index contributed by atoms with van der Waals surface area (Å²) in [5.74, 6) is 0.0430. The summed E-state index contributed by atoms with van der Waals surface area (Å²) >= 11 is 6.46. The molecule has 176 valence electrons. The number of ketones is 1. The first-order chi connectivity index (χ1) is 15.8. The van der Waals surface area contributed by atoms with Gasteiger partial charge in [-0.05, 0) is 74.6 Å². The molecule has 0 N–H and O–H groups in total. The lowest BCUT2D eigenvalue weighted by atomic mass is 9.96. The maximum atomic E-state index is 12.8. The molecule has 0 spiro atoms. The minimum atomic E-state index is 0.0430. The SMILES string of the molecule is Cc1ccc(C(=O)Cc2cc(Cl)cc(CN3CCN(C(=O)N4CCCC4)[C@@H](C)C3)c2C)cn1. The molecular weight excluding hydrogens is 436 g/mol. The minimum Gasteiger partial charge on any atom is -0.325 e. The molecule has 0 saturated carbocycles. The smallest absolute Gasteiger partial charge is 0.320 e. The summed E-state index contributed by atoms with van der Waals surface area (Å²) < 4.78 is 0. The third kappa shape index (κ3) is 5.56. The molecule has 0 aliphatic carbocycles. The van der Waals surface area contributed by atoms with Crippen molar-refractivity contribution < 1.29 is 9.59 Å². The molecule has 2 fully saturated rings. The molecule has 0 radical (unpaired) electrons. The second kappa shape index (κ2) is 10.2. The van der Waals surface area contributed by atoms with Gasteiger partial charge in [0, 0.05) is 74.2 Å². The van der Waals surface area contributed by atoms with Gasteiger partial charge in [0.05, 0.1) is 0 Å². The second-order valence-electron chi connectivity index (χ2n) is 9.39. The number of urea groups is 1. The molecule has 0 bridgehead atoms. The first-order valence-electron chi connectivity index (χ1n) is 11.8. The van der Waals surface area contributed by atoms with E-state index < -0.39 is 0 Å². The second-order valence-corrected chi connectivity index (χ2v) is 9.83. The van der Waals surface area contributed by atoms with Gasteiger partial charge in [-0.1, -0.05) is 11.6 Å². The van der Waals surface area contributed by atoms with E-state index in [1.165, 1.54) is 0 Å². The standard InChI is InChI=1S/C26H33ClN4O2/c1-18-6-7-21(15-28-18)25(32)14-22-12-24(27)13-23(20(22)3)17-29-10-11-31(19(2)16-29)26(33)30-8-4-5-9-30/h6-7,12-13,15,19H,4-5,8-11,14,16-17H2,1-3H3/t19-/m0/s1. The minimum absolute atomic E-state index is 0.0430. The molecule has 2 saturated heterocycles. The van der Waals surface area contributed by atoms with Crippen molar-refractivity contribution in [3.05, 3.63) is 63.4 Å². The number of likely N-dealkylation sites (tertiary alicyclic amines) is 1. The Morgan fingerprint density at radius 1 is 1.06 bits per heavy atom. The van der Waals surface area contributed by atoms with Gasteiger partial charge in [-0.2, -0.15) is 0 Å². The highest BCUT2D eigenvalue weighted by atomic mass is 35.5. The van der Waals surface area contributed by atoms with E-state index in [0.29, 0.717) is 17.0 Å². The molecule has 1 aromatic carbocycles. The van der Waals surface area contributed by atoms with Crippen LogP contribution in [0.4, 0.5) is 4.79 Å². The summed E-state index contributed by atoms with van der Waals surface area (Å²) in [6.45, 7) is 11.0. The molecule has 2 amide bonds. The average Bonchev–Trinajstić information content (AvgIpc) is 3.32. The molecule has 2 aliphatic rings. The lowest BCUT2D eigenvalue weighted by molar-refractivity contribution is 0.0814. The molecule has 3 heterocycles. The zero-order chi connectivity index (χ0) is 23.5. The molecule has 33 heavy (non-hydrogen) atoms. The van der Waals surface area contributed by atoms with Crippen LogP contribution in [0.1, 0.15) is 52.5 Å². The van der Waals surface area contributed by atoms with Crippen molar-refractivity contribution in [2.75, 3.05) is 32.7 Å². The normalized spacial score (nSPS) is 19.2. The highest BCUT2D eigenvalue weighted by molar-refractivity contribution is 6.30. The fourth-order valence-electron chi connectivity index (χ4n) is 4.84. The molecule has 1 aromatic heterocycles. The number of hydrogen-bond donors (Lipinski definition) is 0. The van der Waals surface area contributed by atoms with Crippen LogP contribution < -0.4 is 0 Å². The van der Waals surface area contributed by atoms with Gasteiger partial charge in [-0.25, -0.2) is 4.79 Å². The van der Waals surface area contributed by atoms with Gasteiger partial charge in [-0.15, -0.1) is 0 Å². The number of nitrogens with zero attached hydrogens (tertiary/aromatic N) is 4. The maximum Gasteiger partial charge on any atom is 0.320 e. The monoisotopic (exact) mass is 468 g/mol. The van der Waals surface area contributed by atoms with Crippen molar-refractivity contribution in [1.29, 1.82) is 0 Å². The number of aryl methyl sites for hydroxylation is 1. The number of Topliss-reactive ketones (excluding diaryl/α,β-unsaturated/α-hetero) is 1. The molecular formula is C26H33ClN4O2. The predicted octanol–water partition coefficient (Wildman–Crippen LogP) is 4.50. The van der Waals surface area contributed by atoms with Crippen LogP contribution in [0.3, 0.4) is 0 Å². The number of rotatable bonds is 5. The van der Waals surface area contributed by atoms with Gasteiger partial charge in [-0.3, -0.25) is 14.7 Å². The Hall–Kier alpha value is -2.44. The maximum absolute atomic E-state index is 12.8. The number of piperazine rings is 1. The molecule has 2 aromatic rings. The van der Waals surface area contributed by atoms with Crippen LogP contribution >= 0.6 is 11.6 Å². The van der Waals surface area contributed by atoms with E-state index in [9.17, 15) is 9.59 Å². The van der Waals surface area contributed by atoms with Gasteiger partial charge in [0.25, 0.3) is 0 Å². The summed E-state index contributed by atoms with van der Waals surface area (Å²) in [7, 11) is 0. The lowest BCUT2D eigenvalue weighted by Gasteiger charge is -2.41. The number of benzene rings is 1. The van der Waals surface area contributed by atoms with E-state index in [1.54, 1.807) is 6.20 Å². The Balaban J connectivity index is 1.42.